The number of hydrogen-bond acceptors (Lipinski definition) is 9. The summed E-state index contributed by atoms with van der Waals surface area (Å²) < 4.78 is 26.9. The number of nitrogens with zero attached hydrogens (tertiary/aromatic N) is 5. The molecule has 266 valence electrons. The Bertz CT molecular complexity index is 1710. The van der Waals surface area contributed by atoms with E-state index in [4.69, 9.17) is 15.9 Å². The number of carbonyl (C=O) groups excluding carboxylic acids is 1. The number of fused-ring (bicyclic) bond motifs is 5. The number of piperazine rings is 1. The molecular formula is C39H50FN7O3. The van der Waals surface area contributed by atoms with E-state index in [2.05, 4.69) is 38.0 Å². The summed E-state index contributed by atoms with van der Waals surface area (Å²) in [4.78, 5) is 27.8. The van der Waals surface area contributed by atoms with Crippen LogP contribution in [0.1, 0.15) is 34.1 Å². The number of ether oxygens (including phenoxy) is 2. The topological polar surface area (TPSA) is 95.1 Å². The molecule has 1 fully saturated rings. The Kier molecular flexibility index (Phi) is 15.8. The summed E-state index contributed by atoms with van der Waals surface area (Å²) in [5.74, 6) is 3.87. The summed E-state index contributed by atoms with van der Waals surface area (Å²) in [5, 5.41) is 7.00. The van der Waals surface area contributed by atoms with E-state index in [1.807, 2.05) is 75.9 Å². The molecule has 0 radical (unpaired) electrons. The van der Waals surface area contributed by atoms with Crippen LogP contribution < -0.4 is 25.0 Å². The maximum absolute atomic E-state index is 14.9. The highest BCUT2D eigenvalue weighted by molar-refractivity contribution is 6.00. The summed E-state index contributed by atoms with van der Waals surface area (Å²) in [5.41, 5.74) is 2.16. The fourth-order valence-corrected chi connectivity index (χ4v) is 5.18. The zero-order valence-corrected chi connectivity index (χ0v) is 30.1. The van der Waals surface area contributed by atoms with Gasteiger partial charge in [-0.2, -0.15) is 0 Å². The van der Waals surface area contributed by atoms with Gasteiger partial charge in [-0.1, -0.05) is 32.9 Å². The predicted molar refractivity (Wildman–Crippen MR) is 202 cm³/mol. The van der Waals surface area contributed by atoms with Gasteiger partial charge in [0.15, 0.2) is 17.3 Å². The van der Waals surface area contributed by atoms with Crippen molar-refractivity contribution in [3.63, 3.8) is 0 Å². The summed E-state index contributed by atoms with van der Waals surface area (Å²) >= 11 is 0. The van der Waals surface area contributed by atoms with Crippen LogP contribution in [0.3, 0.4) is 0 Å². The lowest BCUT2D eigenvalue weighted by Crippen LogP contribution is -2.58. The second-order valence-corrected chi connectivity index (χ2v) is 11.3. The van der Waals surface area contributed by atoms with Crippen molar-refractivity contribution in [2.75, 3.05) is 63.6 Å². The number of terminal acetylenes is 1. The van der Waals surface area contributed by atoms with Crippen LogP contribution in [0.4, 0.5) is 21.6 Å². The average Bonchev–Trinajstić information content (AvgIpc) is 3.13. The van der Waals surface area contributed by atoms with Crippen molar-refractivity contribution in [1.29, 1.82) is 0 Å². The van der Waals surface area contributed by atoms with Crippen molar-refractivity contribution in [3.05, 3.63) is 91.4 Å². The van der Waals surface area contributed by atoms with Crippen molar-refractivity contribution < 1.29 is 18.7 Å². The van der Waals surface area contributed by atoms with E-state index in [0.717, 1.165) is 24.0 Å². The number of carbonyl (C=O) groups is 1. The van der Waals surface area contributed by atoms with E-state index in [1.54, 1.807) is 36.6 Å². The number of benzene rings is 2. The van der Waals surface area contributed by atoms with Crippen molar-refractivity contribution in [1.82, 2.24) is 25.1 Å². The molecule has 6 rings (SSSR count). The van der Waals surface area contributed by atoms with Crippen LogP contribution in [0, 0.1) is 18.2 Å². The van der Waals surface area contributed by atoms with Crippen molar-refractivity contribution in [2.24, 2.45) is 0 Å². The molecule has 4 heterocycles. The first-order valence-electron chi connectivity index (χ1n) is 16.9. The molecule has 3 aliphatic rings. The third kappa shape index (κ3) is 10.6. The van der Waals surface area contributed by atoms with E-state index in [9.17, 15) is 9.18 Å². The minimum absolute atomic E-state index is 0.0169. The van der Waals surface area contributed by atoms with E-state index in [0.29, 0.717) is 61.3 Å². The van der Waals surface area contributed by atoms with Crippen molar-refractivity contribution >= 4 is 34.0 Å². The molecule has 1 aromatic heterocycles. The second kappa shape index (κ2) is 20.2. The van der Waals surface area contributed by atoms with Crippen LogP contribution in [0.2, 0.25) is 0 Å². The Morgan fingerprint density at radius 3 is 2.68 bits per heavy atom. The van der Waals surface area contributed by atoms with Gasteiger partial charge in [-0.25, -0.2) is 14.4 Å². The Morgan fingerprint density at radius 1 is 1.26 bits per heavy atom. The first-order chi connectivity index (χ1) is 24.3. The Hall–Kier alpha value is -5.34. The number of amides is 1. The number of nitrogens with one attached hydrogen (secondary N) is 2. The maximum atomic E-state index is 14.9. The summed E-state index contributed by atoms with van der Waals surface area (Å²) in [7, 11) is 3.94. The van der Waals surface area contributed by atoms with Crippen LogP contribution in [0.5, 0.6) is 11.5 Å². The normalized spacial score (nSPS) is 15.6. The average molecular weight is 684 g/mol. The van der Waals surface area contributed by atoms with Gasteiger partial charge in [0.05, 0.1) is 22.6 Å². The maximum Gasteiger partial charge on any atom is 0.246 e. The highest BCUT2D eigenvalue weighted by atomic mass is 19.1. The quantitative estimate of drug-likeness (QED) is 0.161. The minimum atomic E-state index is -0.494. The molecule has 2 N–H and O–H groups in total. The first-order valence-corrected chi connectivity index (χ1v) is 16.9. The van der Waals surface area contributed by atoms with Gasteiger partial charge < -0.3 is 34.8 Å². The van der Waals surface area contributed by atoms with Gasteiger partial charge in [0, 0.05) is 63.2 Å². The molecular weight excluding hydrogens is 633 g/mol. The van der Waals surface area contributed by atoms with Gasteiger partial charge in [0.25, 0.3) is 0 Å². The van der Waals surface area contributed by atoms with E-state index in [-0.39, 0.29) is 17.7 Å². The largest absolute Gasteiger partial charge is 0.488 e. The van der Waals surface area contributed by atoms with Crippen LogP contribution in [-0.2, 0) is 4.79 Å². The first kappa shape index (κ1) is 39.1. The zero-order valence-electron chi connectivity index (χ0n) is 30.1. The highest BCUT2D eigenvalue weighted by Crippen LogP contribution is 2.43. The molecule has 0 spiro atoms. The van der Waals surface area contributed by atoms with Gasteiger partial charge in [0.1, 0.15) is 24.5 Å². The summed E-state index contributed by atoms with van der Waals surface area (Å²) in [6.07, 6.45) is 17.7. The fourth-order valence-electron chi connectivity index (χ4n) is 5.18. The lowest BCUT2D eigenvalue weighted by atomic mass is 10.1. The fraction of sp³-hybridized carbons (Fsp3) is 0.359. The lowest BCUT2D eigenvalue weighted by Gasteiger charge is -2.45. The SMILES string of the molecule is C#CCC.C=CC.CC.CN(C)C/C=C/C(=O)N1CCN2c3ccc4ncnc(Nc5ccc(OC6=CCNC=C6)c(F)c5)c4c3OCC2C1. The van der Waals surface area contributed by atoms with Gasteiger partial charge in [-0.3, -0.25) is 4.79 Å². The number of allylic oxidation sites excluding steroid dienone is 2. The van der Waals surface area contributed by atoms with E-state index < -0.39 is 5.82 Å². The highest BCUT2D eigenvalue weighted by Gasteiger charge is 2.35. The van der Waals surface area contributed by atoms with E-state index >= 15 is 0 Å². The van der Waals surface area contributed by atoms with Gasteiger partial charge in [-0.05, 0) is 57.4 Å². The minimum Gasteiger partial charge on any atom is -0.488 e. The molecule has 50 heavy (non-hydrogen) atoms. The lowest BCUT2D eigenvalue weighted by molar-refractivity contribution is -0.127. The molecule has 11 heteroatoms. The van der Waals surface area contributed by atoms with E-state index in [1.165, 1.54) is 12.4 Å². The van der Waals surface area contributed by atoms with Gasteiger partial charge in [-0.15, -0.1) is 18.9 Å². The molecule has 0 bridgehead atoms. The number of halogens is 1. The van der Waals surface area contributed by atoms with Crippen molar-refractivity contribution in [3.8, 4) is 23.8 Å². The van der Waals surface area contributed by atoms with Crippen LogP contribution in [0.15, 0.2) is 85.6 Å². The Labute approximate surface area is 296 Å². The summed E-state index contributed by atoms with van der Waals surface area (Å²) in [6.45, 7) is 14.8. The molecule has 1 unspecified atom stereocenters. The smallest absolute Gasteiger partial charge is 0.246 e. The number of aromatic nitrogens is 2. The molecule has 0 aliphatic carbocycles. The molecule has 0 saturated carbocycles. The standard InChI is InChI=1S/C30H32FN7O3.C4H6.C3H6.C2H6/c1-36(2)13-3-4-27(39)37-14-15-38-21(17-37)18-40-29-25(38)7-6-24-28(29)30(34-19-33-24)35-20-5-8-26(23(31)16-20)41-22-9-11-32-12-10-22;1-3-4-2;1-3-2;1-2/h3-11,16,19,21,32H,12-15,17-18H2,1-2H3,(H,33,34,35);1H,4H2,2H3;3H,1H2,2H3;1-2H3/b4-3+;;;. The number of dihydropyridines is 1. The summed E-state index contributed by atoms with van der Waals surface area (Å²) in [6, 6.07) is 8.69. The Balaban J connectivity index is 0.000000681. The van der Waals surface area contributed by atoms with Gasteiger partial charge >= 0.3 is 0 Å². The number of hydrogen-bond donors (Lipinski definition) is 2. The van der Waals surface area contributed by atoms with Gasteiger partial charge in [0.2, 0.25) is 5.91 Å². The zero-order chi connectivity index (χ0) is 36.5. The molecule has 1 amide bonds. The van der Waals surface area contributed by atoms with Crippen LogP contribution in [0.25, 0.3) is 10.9 Å². The number of anilines is 3. The van der Waals surface area contributed by atoms with Crippen LogP contribution >= 0.6 is 0 Å². The Morgan fingerprint density at radius 2 is 2.02 bits per heavy atom. The van der Waals surface area contributed by atoms with Crippen LogP contribution in [-0.4, -0.2) is 85.1 Å². The number of likely N-dealkylation sites (N-methyl/N-ethyl adjacent to an activating group) is 1. The second-order valence-electron chi connectivity index (χ2n) is 11.3. The molecule has 2 aromatic carbocycles. The van der Waals surface area contributed by atoms with Crippen molar-refractivity contribution in [2.45, 2.75) is 40.2 Å². The molecule has 3 aromatic rings. The monoisotopic (exact) mass is 683 g/mol. The molecule has 1 atom stereocenters. The third-order valence-electron chi connectivity index (χ3n) is 7.40. The third-order valence-corrected chi connectivity index (χ3v) is 7.40. The predicted octanol–water partition coefficient (Wildman–Crippen LogP) is 6.67. The number of rotatable bonds is 7. The molecule has 10 nitrogen and oxygen atoms in total. The molecule has 1 saturated heterocycles. The molecule has 3 aliphatic heterocycles.